The van der Waals surface area contributed by atoms with Crippen molar-refractivity contribution >= 4 is 16.8 Å². The molecule has 0 fully saturated rings. The SMILES string of the molecule is Cc1n[nH]c(C)c1CC(=O)NCCCn1ccc2ccccc21. The second-order valence-electron chi connectivity index (χ2n) is 5.86. The van der Waals surface area contributed by atoms with Crippen LogP contribution < -0.4 is 5.32 Å². The molecular weight excluding hydrogens is 288 g/mol. The van der Waals surface area contributed by atoms with E-state index in [1.807, 2.05) is 19.9 Å². The Morgan fingerprint density at radius 2 is 2.09 bits per heavy atom. The Bertz CT molecular complexity index is 796. The highest BCUT2D eigenvalue weighted by Gasteiger charge is 2.10. The molecule has 5 nitrogen and oxygen atoms in total. The molecule has 0 aliphatic heterocycles. The number of aromatic nitrogens is 3. The van der Waals surface area contributed by atoms with Crippen molar-refractivity contribution in [2.24, 2.45) is 0 Å². The lowest BCUT2D eigenvalue weighted by molar-refractivity contribution is -0.120. The summed E-state index contributed by atoms with van der Waals surface area (Å²) >= 11 is 0. The third kappa shape index (κ3) is 3.44. The van der Waals surface area contributed by atoms with Crippen LogP contribution in [0.15, 0.2) is 36.5 Å². The highest BCUT2D eigenvalue weighted by Crippen LogP contribution is 2.15. The Morgan fingerprint density at radius 3 is 2.87 bits per heavy atom. The van der Waals surface area contributed by atoms with Crippen LogP contribution in [0.4, 0.5) is 0 Å². The minimum atomic E-state index is 0.0509. The second kappa shape index (κ2) is 6.69. The number of aryl methyl sites for hydroxylation is 3. The molecule has 2 N–H and O–H groups in total. The fraction of sp³-hybridized carbons (Fsp3) is 0.333. The van der Waals surface area contributed by atoms with Gasteiger partial charge in [0, 0.05) is 36.1 Å². The van der Waals surface area contributed by atoms with Crippen LogP contribution in [0, 0.1) is 13.8 Å². The van der Waals surface area contributed by atoms with Crippen LogP contribution in [0.3, 0.4) is 0 Å². The van der Waals surface area contributed by atoms with E-state index in [4.69, 9.17) is 0 Å². The summed E-state index contributed by atoms with van der Waals surface area (Å²) in [7, 11) is 0. The molecule has 3 rings (SSSR count). The molecule has 0 radical (unpaired) electrons. The van der Waals surface area contributed by atoms with Gasteiger partial charge < -0.3 is 9.88 Å². The number of aromatic amines is 1. The van der Waals surface area contributed by atoms with Crippen molar-refractivity contribution in [1.82, 2.24) is 20.1 Å². The van der Waals surface area contributed by atoms with Crippen LogP contribution in [0.25, 0.3) is 10.9 Å². The fourth-order valence-corrected chi connectivity index (χ4v) is 2.87. The number of amides is 1. The zero-order valence-corrected chi connectivity index (χ0v) is 13.6. The Labute approximate surface area is 135 Å². The first-order valence-electron chi connectivity index (χ1n) is 7.96. The Kier molecular flexibility index (Phi) is 4.46. The van der Waals surface area contributed by atoms with E-state index >= 15 is 0 Å². The van der Waals surface area contributed by atoms with Crippen LogP contribution in [0.2, 0.25) is 0 Å². The Hall–Kier alpha value is -2.56. The lowest BCUT2D eigenvalue weighted by Gasteiger charge is -2.07. The third-order valence-electron chi connectivity index (χ3n) is 4.20. The van der Waals surface area contributed by atoms with Gasteiger partial charge in [0.25, 0.3) is 0 Å². The van der Waals surface area contributed by atoms with Gasteiger partial charge in [-0.1, -0.05) is 18.2 Å². The average molecular weight is 310 g/mol. The molecule has 0 atom stereocenters. The van der Waals surface area contributed by atoms with Crippen LogP contribution >= 0.6 is 0 Å². The zero-order valence-electron chi connectivity index (χ0n) is 13.6. The van der Waals surface area contributed by atoms with Crippen LogP contribution in [-0.4, -0.2) is 27.2 Å². The maximum atomic E-state index is 12.0. The molecule has 0 bridgehead atoms. The number of rotatable bonds is 6. The molecule has 23 heavy (non-hydrogen) atoms. The maximum Gasteiger partial charge on any atom is 0.224 e. The van der Waals surface area contributed by atoms with Gasteiger partial charge in [-0.05, 0) is 37.8 Å². The van der Waals surface area contributed by atoms with E-state index in [-0.39, 0.29) is 5.91 Å². The molecule has 1 aromatic carbocycles. The summed E-state index contributed by atoms with van der Waals surface area (Å²) in [6.07, 6.45) is 3.40. The summed E-state index contributed by atoms with van der Waals surface area (Å²) in [5, 5.41) is 11.3. The second-order valence-corrected chi connectivity index (χ2v) is 5.86. The van der Waals surface area contributed by atoms with Gasteiger partial charge in [0.15, 0.2) is 0 Å². The van der Waals surface area contributed by atoms with E-state index in [1.54, 1.807) is 0 Å². The number of H-pyrrole nitrogens is 1. The third-order valence-corrected chi connectivity index (χ3v) is 4.20. The van der Waals surface area contributed by atoms with Crippen molar-refractivity contribution in [3.8, 4) is 0 Å². The first-order valence-corrected chi connectivity index (χ1v) is 7.96. The number of carbonyl (C=O) groups is 1. The van der Waals surface area contributed by atoms with Gasteiger partial charge in [0.1, 0.15) is 0 Å². The summed E-state index contributed by atoms with van der Waals surface area (Å²) in [6.45, 7) is 5.45. The van der Waals surface area contributed by atoms with Gasteiger partial charge in [-0.15, -0.1) is 0 Å². The summed E-state index contributed by atoms with van der Waals surface area (Å²) < 4.78 is 2.23. The van der Waals surface area contributed by atoms with E-state index < -0.39 is 0 Å². The lowest BCUT2D eigenvalue weighted by atomic mass is 10.1. The number of hydrogen-bond acceptors (Lipinski definition) is 2. The molecule has 120 valence electrons. The Morgan fingerprint density at radius 1 is 1.26 bits per heavy atom. The van der Waals surface area contributed by atoms with E-state index in [1.165, 1.54) is 10.9 Å². The standard InChI is InChI=1S/C18H22N4O/c1-13-16(14(2)21-20-13)12-18(23)19-9-5-10-22-11-8-15-6-3-4-7-17(15)22/h3-4,6-8,11H,5,9-10,12H2,1-2H3,(H,19,23)(H,20,21). The largest absolute Gasteiger partial charge is 0.356 e. The summed E-state index contributed by atoms with van der Waals surface area (Å²) in [5.74, 6) is 0.0509. The minimum Gasteiger partial charge on any atom is -0.356 e. The maximum absolute atomic E-state index is 12.0. The average Bonchev–Trinajstić information content (AvgIpc) is 3.10. The lowest BCUT2D eigenvalue weighted by Crippen LogP contribution is -2.27. The molecule has 0 saturated carbocycles. The molecular formula is C18H22N4O. The first kappa shape index (κ1) is 15.3. The van der Waals surface area contributed by atoms with Gasteiger partial charge in [-0.2, -0.15) is 5.10 Å². The summed E-state index contributed by atoms with van der Waals surface area (Å²) in [4.78, 5) is 12.0. The topological polar surface area (TPSA) is 62.7 Å². The molecule has 1 amide bonds. The van der Waals surface area contributed by atoms with Crippen molar-refractivity contribution in [3.63, 3.8) is 0 Å². The number of hydrogen-bond donors (Lipinski definition) is 2. The molecule has 2 heterocycles. The normalized spacial score (nSPS) is 11.0. The van der Waals surface area contributed by atoms with Crippen molar-refractivity contribution in [3.05, 3.63) is 53.5 Å². The van der Waals surface area contributed by atoms with E-state index in [2.05, 4.69) is 50.5 Å². The summed E-state index contributed by atoms with van der Waals surface area (Å²) in [5.41, 5.74) is 4.11. The van der Waals surface area contributed by atoms with Crippen LogP contribution in [0.1, 0.15) is 23.4 Å². The molecule has 0 spiro atoms. The first-order chi connectivity index (χ1) is 11.1. The molecule has 0 aliphatic rings. The quantitative estimate of drug-likeness (QED) is 0.688. The predicted molar refractivity (Wildman–Crippen MR) is 91.3 cm³/mol. The van der Waals surface area contributed by atoms with Crippen molar-refractivity contribution in [1.29, 1.82) is 0 Å². The molecule has 5 heteroatoms. The molecule has 3 aromatic rings. The molecule has 0 unspecified atom stereocenters. The minimum absolute atomic E-state index is 0.0509. The van der Waals surface area contributed by atoms with Gasteiger partial charge in [0.2, 0.25) is 5.91 Å². The Balaban J connectivity index is 1.47. The van der Waals surface area contributed by atoms with Gasteiger partial charge in [-0.25, -0.2) is 0 Å². The number of para-hydroxylation sites is 1. The zero-order chi connectivity index (χ0) is 16.2. The monoisotopic (exact) mass is 310 g/mol. The number of carbonyl (C=O) groups excluding carboxylic acids is 1. The predicted octanol–water partition coefficient (Wildman–Crippen LogP) is 2.73. The fourth-order valence-electron chi connectivity index (χ4n) is 2.87. The van der Waals surface area contributed by atoms with E-state index in [9.17, 15) is 4.79 Å². The number of benzene rings is 1. The van der Waals surface area contributed by atoms with E-state index in [0.29, 0.717) is 13.0 Å². The number of nitrogens with zero attached hydrogens (tertiary/aromatic N) is 2. The summed E-state index contributed by atoms with van der Waals surface area (Å²) in [6, 6.07) is 10.5. The highest BCUT2D eigenvalue weighted by molar-refractivity contribution is 5.80. The van der Waals surface area contributed by atoms with Gasteiger partial charge >= 0.3 is 0 Å². The van der Waals surface area contributed by atoms with Crippen molar-refractivity contribution in [2.75, 3.05) is 6.54 Å². The van der Waals surface area contributed by atoms with Crippen LogP contribution in [-0.2, 0) is 17.8 Å². The molecule has 2 aromatic heterocycles. The highest BCUT2D eigenvalue weighted by atomic mass is 16.1. The van der Waals surface area contributed by atoms with Crippen molar-refractivity contribution < 1.29 is 4.79 Å². The molecule has 0 saturated heterocycles. The smallest absolute Gasteiger partial charge is 0.224 e. The van der Waals surface area contributed by atoms with Gasteiger partial charge in [-0.3, -0.25) is 9.89 Å². The number of nitrogens with one attached hydrogen (secondary N) is 2. The van der Waals surface area contributed by atoms with Crippen LogP contribution in [0.5, 0.6) is 0 Å². The van der Waals surface area contributed by atoms with Crippen molar-refractivity contribution in [2.45, 2.75) is 33.2 Å². The van der Waals surface area contributed by atoms with E-state index in [0.717, 1.165) is 29.9 Å². The number of fused-ring (bicyclic) bond motifs is 1. The molecule has 0 aliphatic carbocycles. The van der Waals surface area contributed by atoms with Gasteiger partial charge in [0.05, 0.1) is 12.1 Å².